The zero-order valence-corrected chi connectivity index (χ0v) is 9.65. The molecule has 88 valence electrons. The summed E-state index contributed by atoms with van der Waals surface area (Å²) in [6.45, 7) is 3.17. The fourth-order valence-corrected chi connectivity index (χ4v) is 2.18. The van der Waals surface area contributed by atoms with Crippen LogP contribution in [0.25, 0.3) is 0 Å². The Morgan fingerprint density at radius 3 is 3.00 bits per heavy atom. The topological polar surface area (TPSA) is 41.5 Å². The zero-order chi connectivity index (χ0) is 11.4. The van der Waals surface area contributed by atoms with Crippen LogP contribution in [0.4, 0.5) is 0 Å². The van der Waals surface area contributed by atoms with E-state index in [0.29, 0.717) is 11.8 Å². The van der Waals surface area contributed by atoms with Crippen LogP contribution in [0.3, 0.4) is 0 Å². The molecule has 2 N–H and O–H groups in total. The number of nitrogens with one attached hydrogen (secondary N) is 1. The number of benzene rings is 1. The molecule has 0 aromatic heterocycles. The van der Waals surface area contributed by atoms with E-state index in [4.69, 9.17) is 4.74 Å². The molecule has 1 fully saturated rings. The van der Waals surface area contributed by atoms with Crippen LogP contribution in [0.1, 0.15) is 26.2 Å². The zero-order valence-electron chi connectivity index (χ0n) is 9.65. The molecule has 0 radical (unpaired) electrons. The van der Waals surface area contributed by atoms with Gasteiger partial charge in [-0.05, 0) is 44.9 Å². The lowest BCUT2D eigenvalue weighted by atomic mass is 10.1. The molecule has 0 bridgehead atoms. The third-order valence-electron chi connectivity index (χ3n) is 2.97. The molecule has 3 nitrogen and oxygen atoms in total. The Hall–Kier alpha value is -1.22. The molecule has 0 aliphatic carbocycles. The van der Waals surface area contributed by atoms with Crippen LogP contribution in [0.15, 0.2) is 24.3 Å². The van der Waals surface area contributed by atoms with Gasteiger partial charge in [0.25, 0.3) is 0 Å². The number of aromatic hydroxyl groups is 1. The van der Waals surface area contributed by atoms with Gasteiger partial charge < -0.3 is 15.2 Å². The highest BCUT2D eigenvalue weighted by molar-refractivity contribution is 5.38. The molecule has 16 heavy (non-hydrogen) atoms. The van der Waals surface area contributed by atoms with Crippen molar-refractivity contribution in [1.82, 2.24) is 5.32 Å². The number of hydrogen-bond donors (Lipinski definition) is 2. The Morgan fingerprint density at radius 1 is 1.50 bits per heavy atom. The van der Waals surface area contributed by atoms with Crippen LogP contribution in [-0.2, 0) is 0 Å². The molecule has 2 rings (SSSR count). The SMILES string of the molecule is CC(CC1CCCN1)Oc1ccccc1O. The molecule has 2 unspecified atom stereocenters. The molecule has 1 saturated heterocycles. The van der Waals surface area contributed by atoms with E-state index in [0.717, 1.165) is 13.0 Å². The van der Waals surface area contributed by atoms with Crippen LogP contribution in [-0.4, -0.2) is 23.8 Å². The normalized spacial score (nSPS) is 21.9. The molecule has 3 heteroatoms. The molecule has 0 spiro atoms. The standard InChI is InChI=1S/C13H19NO2/c1-10(9-11-5-4-8-14-11)16-13-7-3-2-6-12(13)15/h2-3,6-7,10-11,14-15H,4-5,8-9H2,1H3. The molecule has 0 saturated carbocycles. The Balaban J connectivity index is 1.86. The monoisotopic (exact) mass is 221 g/mol. The fourth-order valence-electron chi connectivity index (χ4n) is 2.18. The average Bonchev–Trinajstić information content (AvgIpc) is 2.74. The van der Waals surface area contributed by atoms with Crippen LogP contribution in [0, 0.1) is 0 Å². The molecular weight excluding hydrogens is 202 g/mol. The van der Waals surface area contributed by atoms with Gasteiger partial charge in [0.1, 0.15) is 0 Å². The highest BCUT2D eigenvalue weighted by Gasteiger charge is 2.18. The highest BCUT2D eigenvalue weighted by Crippen LogP contribution is 2.26. The van der Waals surface area contributed by atoms with Crippen molar-refractivity contribution in [3.05, 3.63) is 24.3 Å². The van der Waals surface area contributed by atoms with Crippen LogP contribution < -0.4 is 10.1 Å². The van der Waals surface area contributed by atoms with Crippen molar-refractivity contribution in [3.63, 3.8) is 0 Å². The van der Waals surface area contributed by atoms with E-state index in [1.54, 1.807) is 18.2 Å². The average molecular weight is 221 g/mol. The summed E-state index contributed by atoms with van der Waals surface area (Å²) < 4.78 is 5.72. The first-order valence-corrected chi connectivity index (χ1v) is 5.94. The third kappa shape index (κ3) is 2.89. The smallest absolute Gasteiger partial charge is 0.161 e. The first-order valence-electron chi connectivity index (χ1n) is 5.94. The Kier molecular flexibility index (Phi) is 3.67. The van der Waals surface area contributed by atoms with Crippen molar-refractivity contribution in [2.24, 2.45) is 0 Å². The summed E-state index contributed by atoms with van der Waals surface area (Å²) in [4.78, 5) is 0. The minimum atomic E-state index is 0.129. The number of phenols is 1. The van der Waals surface area contributed by atoms with Gasteiger partial charge in [-0.2, -0.15) is 0 Å². The van der Waals surface area contributed by atoms with Gasteiger partial charge in [-0.1, -0.05) is 12.1 Å². The maximum atomic E-state index is 9.58. The second kappa shape index (κ2) is 5.21. The van der Waals surface area contributed by atoms with E-state index in [9.17, 15) is 5.11 Å². The van der Waals surface area contributed by atoms with Crippen LogP contribution >= 0.6 is 0 Å². The van der Waals surface area contributed by atoms with Gasteiger partial charge in [-0.25, -0.2) is 0 Å². The quantitative estimate of drug-likeness (QED) is 0.819. The van der Waals surface area contributed by atoms with E-state index in [-0.39, 0.29) is 11.9 Å². The molecule has 1 aromatic carbocycles. The molecule has 1 heterocycles. The first kappa shape index (κ1) is 11.3. The first-order chi connectivity index (χ1) is 7.75. The largest absolute Gasteiger partial charge is 0.504 e. The lowest BCUT2D eigenvalue weighted by molar-refractivity contribution is 0.190. The lowest BCUT2D eigenvalue weighted by Crippen LogP contribution is -2.28. The van der Waals surface area contributed by atoms with Gasteiger partial charge in [0.15, 0.2) is 11.5 Å². The van der Waals surface area contributed by atoms with Crippen molar-refractivity contribution in [1.29, 1.82) is 0 Å². The molecule has 1 aliphatic heterocycles. The second-order valence-corrected chi connectivity index (χ2v) is 4.43. The third-order valence-corrected chi connectivity index (χ3v) is 2.97. The van der Waals surface area contributed by atoms with E-state index >= 15 is 0 Å². The molecule has 2 atom stereocenters. The Morgan fingerprint density at radius 2 is 2.31 bits per heavy atom. The van der Waals surface area contributed by atoms with Gasteiger partial charge >= 0.3 is 0 Å². The second-order valence-electron chi connectivity index (χ2n) is 4.43. The van der Waals surface area contributed by atoms with Crippen molar-refractivity contribution in [3.8, 4) is 11.5 Å². The fraction of sp³-hybridized carbons (Fsp3) is 0.538. The van der Waals surface area contributed by atoms with Crippen molar-refractivity contribution in [2.75, 3.05) is 6.54 Å². The Labute approximate surface area is 96.4 Å². The number of rotatable bonds is 4. The van der Waals surface area contributed by atoms with Gasteiger partial charge in [0, 0.05) is 6.04 Å². The van der Waals surface area contributed by atoms with Crippen molar-refractivity contribution in [2.45, 2.75) is 38.3 Å². The molecule has 1 aliphatic rings. The van der Waals surface area contributed by atoms with E-state index < -0.39 is 0 Å². The van der Waals surface area contributed by atoms with Gasteiger partial charge in [-0.3, -0.25) is 0 Å². The van der Waals surface area contributed by atoms with Gasteiger partial charge in [0.05, 0.1) is 6.10 Å². The highest BCUT2D eigenvalue weighted by atomic mass is 16.5. The summed E-state index contributed by atoms with van der Waals surface area (Å²) in [6, 6.07) is 7.69. The van der Waals surface area contributed by atoms with Gasteiger partial charge in [0.2, 0.25) is 0 Å². The van der Waals surface area contributed by atoms with Crippen LogP contribution in [0.2, 0.25) is 0 Å². The minimum absolute atomic E-state index is 0.129. The van der Waals surface area contributed by atoms with E-state index in [1.807, 2.05) is 13.0 Å². The number of ether oxygens (including phenoxy) is 1. The van der Waals surface area contributed by atoms with Gasteiger partial charge in [-0.15, -0.1) is 0 Å². The summed E-state index contributed by atoms with van der Waals surface area (Å²) in [7, 11) is 0. The molecular formula is C13H19NO2. The number of para-hydroxylation sites is 2. The predicted molar refractivity (Wildman–Crippen MR) is 63.8 cm³/mol. The number of hydrogen-bond acceptors (Lipinski definition) is 3. The van der Waals surface area contributed by atoms with E-state index in [2.05, 4.69) is 5.32 Å². The number of phenolic OH excluding ortho intramolecular Hbond substituents is 1. The van der Waals surface area contributed by atoms with E-state index in [1.165, 1.54) is 12.8 Å². The van der Waals surface area contributed by atoms with Crippen LogP contribution in [0.5, 0.6) is 11.5 Å². The summed E-state index contributed by atoms with van der Waals surface area (Å²) >= 11 is 0. The molecule has 1 aromatic rings. The summed E-state index contributed by atoms with van der Waals surface area (Å²) in [5.41, 5.74) is 0. The maximum Gasteiger partial charge on any atom is 0.161 e. The summed E-state index contributed by atoms with van der Waals surface area (Å²) in [5, 5.41) is 13.0. The predicted octanol–water partition coefficient (Wildman–Crippen LogP) is 2.30. The summed E-state index contributed by atoms with van der Waals surface area (Å²) in [6.07, 6.45) is 3.61. The van der Waals surface area contributed by atoms with Crippen molar-refractivity contribution < 1.29 is 9.84 Å². The van der Waals surface area contributed by atoms with Crippen molar-refractivity contribution >= 4 is 0 Å². The maximum absolute atomic E-state index is 9.58. The molecule has 0 amide bonds. The lowest BCUT2D eigenvalue weighted by Gasteiger charge is -2.19. The summed E-state index contributed by atoms with van der Waals surface area (Å²) in [5.74, 6) is 0.793. The Bertz CT molecular complexity index is 334. The minimum Gasteiger partial charge on any atom is -0.504 e.